The zero-order chi connectivity index (χ0) is 12.5. The molecule has 1 heteroatoms. The molecule has 0 bridgehead atoms. The molecule has 2 aromatic carbocycles. The summed E-state index contributed by atoms with van der Waals surface area (Å²) < 4.78 is 0. The van der Waals surface area contributed by atoms with Gasteiger partial charge in [0, 0.05) is 5.54 Å². The number of hydrogen-bond donors (Lipinski definition) is 1. The highest BCUT2D eigenvalue weighted by Crippen LogP contribution is 2.33. The van der Waals surface area contributed by atoms with Crippen molar-refractivity contribution in [1.82, 2.24) is 0 Å². The maximum absolute atomic E-state index is 6.56. The summed E-state index contributed by atoms with van der Waals surface area (Å²) in [6.07, 6.45) is 1.09. The van der Waals surface area contributed by atoms with Crippen molar-refractivity contribution < 1.29 is 0 Å². The first kappa shape index (κ1) is 12.1. The zero-order valence-electron chi connectivity index (χ0n) is 10.9. The Bertz CT molecular complexity index is 508. The Morgan fingerprint density at radius 2 is 1.76 bits per heavy atom. The minimum atomic E-state index is -0.268. The molecule has 0 heterocycles. The van der Waals surface area contributed by atoms with Crippen LogP contribution in [0.1, 0.15) is 32.8 Å². The van der Waals surface area contributed by atoms with Gasteiger partial charge in [-0.15, -0.1) is 0 Å². The Balaban J connectivity index is 2.63. The minimum absolute atomic E-state index is 0.268. The number of hydrogen-bond acceptors (Lipinski definition) is 1. The van der Waals surface area contributed by atoms with Crippen molar-refractivity contribution in [2.75, 3.05) is 0 Å². The molecule has 1 nitrogen and oxygen atoms in total. The van der Waals surface area contributed by atoms with Gasteiger partial charge in [-0.1, -0.05) is 62.7 Å². The van der Waals surface area contributed by atoms with E-state index >= 15 is 0 Å². The van der Waals surface area contributed by atoms with E-state index in [9.17, 15) is 0 Å². The van der Waals surface area contributed by atoms with Gasteiger partial charge in [-0.3, -0.25) is 0 Å². The van der Waals surface area contributed by atoms with Crippen molar-refractivity contribution in [1.29, 1.82) is 0 Å². The molecule has 0 saturated carbocycles. The maximum Gasteiger partial charge on any atom is 0.0413 e. The van der Waals surface area contributed by atoms with Crippen molar-refractivity contribution in [3.8, 4) is 0 Å². The molecule has 0 aliphatic heterocycles. The predicted octanol–water partition coefficient (Wildman–Crippen LogP) is 4.06. The molecule has 2 atom stereocenters. The van der Waals surface area contributed by atoms with Gasteiger partial charge in [0.25, 0.3) is 0 Å². The van der Waals surface area contributed by atoms with Gasteiger partial charge in [0.2, 0.25) is 0 Å². The molecule has 0 amide bonds. The monoisotopic (exact) mass is 227 g/mol. The third kappa shape index (κ3) is 2.07. The van der Waals surface area contributed by atoms with Crippen molar-refractivity contribution in [2.24, 2.45) is 11.7 Å². The standard InChI is InChI=1S/C16H21N/c1-4-12(2)16(3,17)15-11-7-9-13-8-5-6-10-14(13)15/h5-12H,4,17H2,1-3H3. The van der Waals surface area contributed by atoms with Crippen molar-refractivity contribution in [2.45, 2.75) is 32.7 Å². The van der Waals surface area contributed by atoms with E-state index in [0.717, 1.165) is 6.42 Å². The third-order valence-corrected chi connectivity index (χ3v) is 4.01. The molecular weight excluding hydrogens is 206 g/mol. The van der Waals surface area contributed by atoms with Crippen LogP contribution < -0.4 is 5.73 Å². The average molecular weight is 227 g/mol. The summed E-state index contributed by atoms with van der Waals surface area (Å²) in [7, 11) is 0. The quantitative estimate of drug-likeness (QED) is 0.840. The van der Waals surface area contributed by atoms with Gasteiger partial charge in [0.15, 0.2) is 0 Å². The third-order valence-electron chi connectivity index (χ3n) is 4.01. The topological polar surface area (TPSA) is 26.0 Å². The normalized spacial score (nSPS) is 16.7. The second-order valence-corrected chi connectivity index (χ2v) is 5.12. The van der Waals surface area contributed by atoms with Gasteiger partial charge in [0.1, 0.15) is 0 Å². The summed E-state index contributed by atoms with van der Waals surface area (Å²) in [6, 6.07) is 14.9. The first-order valence-corrected chi connectivity index (χ1v) is 6.34. The Morgan fingerprint density at radius 1 is 1.12 bits per heavy atom. The van der Waals surface area contributed by atoms with Crippen LogP contribution in [-0.2, 0) is 5.54 Å². The van der Waals surface area contributed by atoms with E-state index in [0.29, 0.717) is 5.92 Å². The molecule has 0 aromatic heterocycles. The van der Waals surface area contributed by atoms with E-state index in [2.05, 4.69) is 63.2 Å². The zero-order valence-corrected chi connectivity index (χ0v) is 10.9. The van der Waals surface area contributed by atoms with Crippen LogP contribution in [0.15, 0.2) is 42.5 Å². The number of fused-ring (bicyclic) bond motifs is 1. The molecule has 0 spiro atoms. The van der Waals surface area contributed by atoms with E-state index in [1.54, 1.807) is 0 Å². The van der Waals surface area contributed by atoms with Crippen molar-refractivity contribution in [3.63, 3.8) is 0 Å². The van der Waals surface area contributed by atoms with E-state index in [4.69, 9.17) is 5.73 Å². The molecule has 0 fully saturated rings. The fourth-order valence-corrected chi connectivity index (χ4v) is 2.38. The van der Waals surface area contributed by atoms with Gasteiger partial charge >= 0.3 is 0 Å². The van der Waals surface area contributed by atoms with E-state index < -0.39 is 0 Å². The Morgan fingerprint density at radius 3 is 2.47 bits per heavy atom. The first-order chi connectivity index (χ1) is 8.07. The lowest BCUT2D eigenvalue weighted by Crippen LogP contribution is -2.39. The molecule has 90 valence electrons. The highest BCUT2D eigenvalue weighted by atomic mass is 14.7. The van der Waals surface area contributed by atoms with Gasteiger partial charge in [-0.2, -0.15) is 0 Å². The van der Waals surface area contributed by atoms with Crippen LogP contribution in [0.3, 0.4) is 0 Å². The molecule has 2 N–H and O–H groups in total. The maximum atomic E-state index is 6.56. The Labute approximate surface area is 104 Å². The van der Waals surface area contributed by atoms with Crippen LogP contribution in [0.5, 0.6) is 0 Å². The summed E-state index contributed by atoms with van der Waals surface area (Å²) in [6.45, 7) is 6.56. The summed E-state index contributed by atoms with van der Waals surface area (Å²) in [5.41, 5.74) is 7.54. The summed E-state index contributed by atoms with van der Waals surface area (Å²) in [5.74, 6) is 0.466. The molecule has 2 rings (SSSR count). The molecule has 0 radical (unpaired) electrons. The lowest BCUT2D eigenvalue weighted by Gasteiger charge is -2.32. The number of benzene rings is 2. The fraction of sp³-hybridized carbons (Fsp3) is 0.375. The SMILES string of the molecule is CCC(C)C(C)(N)c1cccc2ccccc12. The molecule has 17 heavy (non-hydrogen) atoms. The highest BCUT2D eigenvalue weighted by molar-refractivity contribution is 5.86. The number of nitrogens with two attached hydrogens (primary N) is 1. The molecule has 2 aromatic rings. The van der Waals surface area contributed by atoms with Crippen molar-refractivity contribution >= 4 is 10.8 Å². The predicted molar refractivity (Wildman–Crippen MR) is 74.9 cm³/mol. The van der Waals surface area contributed by atoms with Crippen LogP contribution in [-0.4, -0.2) is 0 Å². The minimum Gasteiger partial charge on any atom is -0.321 e. The second kappa shape index (κ2) is 4.50. The first-order valence-electron chi connectivity index (χ1n) is 6.34. The van der Waals surface area contributed by atoms with Gasteiger partial charge < -0.3 is 5.73 Å². The van der Waals surface area contributed by atoms with Crippen molar-refractivity contribution in [3.05, 3.63) is 48.0 Å². The van der Waals surface area contributed by atoms with Gasteiger partial charge in [-0.05, 0) is 29.2 Å². The molecule has 0 aliphatic carbocycles. The lowest BCUT2D eigenvalue weighted by molar-refractivity contribution is 0.318. The molecule has 2 unspecified atom stereocenters. The average Bonchev–Trinajstić information content (AvgIpc) is 2.37. The van der Waals surface area contributed by atoms with E-state index in [1.165, 1.54) is 16.3 Å². The number of rotatable bonds is 3. The molecule has 0 saturated heterocycles. The van der Waals surface area contributed by atoms with Crippen LogP contribution in [0.4, 0.5) is 0 Å². The van der Waals surface area contributed by atoms with Crippen LogP contribution in [0.2, 0.25) is 0 Å². The van der Waals surface area contributed by atoms with Gasteiger partial charge in [0.05, 0.1) is 0 Å². The van der Waals surface area contributed by atoms with Crippen LogP contribution >= 0.6 is 0 Å². The molecular formula is C16H21N. The van der Waals surface area contributed by atoms with E-state index in [-0.39, 0.29) is 5.54 Å². The van der Waals surface area contributed by atoms with Crippen LogP contribution in [0, 0.1) is 5.92 Å². The lowest BCUT2D eigenvalue weighted by atomic mass is 9.78. The second-order valence-electron chi connectivity index (χ2n) is 5.12. The Kier molecular flexibility index (Phi) is 3.21. The smallest absolute Gasteiger partial charge is 0.0413 e. The highest BCUT2D eigenvalue weighted by Gasteiger charge is 2.28. The Hall–Kier alpha value is -1.34. The summed E-state index contributed by atoms with van der Waals surface area (Å²) >= 11 is 0. The summed E-state index contributed by atoms with van der Waals surface area (Å²) in [4.78, 5) is 0. The fourth-order valence-electron chi connectivity index (χ4n) is 2.38. The molecule has 0 aliphatic rings. The summed E-state index contributed by atoms with van der Waals surface area (Å²) in [5, 5.41) is 2.55. The van der Waals surface area contributed by atoms with E-state index in [1.807, 2.05) is 0 Å². The van der Waals surface area contributed by atoms with Crippen LogP contribution in [0.25, 0.3) is 10.8 Å². The largest absolute Gasteiger partial charge is 0.321 e. The van der Waals surface area contributed by atoms with Gasteiger partial charge in [-0.25, -0.2) is 0 Å².